The van der Waals surface area contributed by atoms with E-state index in [1.54, 1.807) is 7.11 Å². The van der Waals surface area contributed by atoms with Crippen LogP contribution in [0.1, 0.15) is 47.0 Å². The van der Waals surface area contributed by atoms with Crippen LogP contribution in [0, 0.1) is 5.92 Å². The first kappa shape index (κ1) is 16.4. The monoisotopic (exact) mass is 270 g/mol. The zero-order chi connectivity index (χ0) is 14.5. The first-order valence-corrected chi connectivity index (χ1v) is 7.41. The van der Waals surface area contributed by atoms with Gasteiger partial charge in [0.2, 0.25) is 5.91 Å². The van der Waals surface area contributed by atoms with Gasteiger partial charge in [-0.2, -0.15) is 0 Å². The van der Waals surface area contributed by atoms with Crippen molar-refractivity contribution < 1.29 is 9.53 Å². The van der Waals surface area contributed by atoms with Gasteiger partial charge in [0, 0.05) is 19.7 Å². The van der Waals surface area contributed by atoms with Gasteiger partial charge in [0.25, 0.3) is 0 Å². The molecule has 0 aromatic carbocycles. The minimum absolute atomic E-state index is 0.209. The molecule has 1 amide bonds. The molecule has 0 unspecified atom stereocenters. The Morgan fingerprint density at radius 1 is 1.37 bits per heavy atom. The lowest BCUT2D eigenvalue weighted by Crippen LogP contribution is -2.45. The Morgan fingerprint density at radius 2 is 1.95 bits per heavy atom. The molecule has 0 aromatic heterocycles. The topological polar surface area (TPSA) is 41.6 Å². The number of methoxy groups -OCH3 is 1. The highest BCUT2D eigenvalue weighted by atomic mass is 16.5. The van der Waals surface area contributed by atoms with Crippen LogP contribution in [0.5, 0.6) is 0 Å². The van der Waals surface area contributed by atoms with Crippen LogP contribution in [-0.4, -0.2) is 49.2 Å². The molecule has 0 radical (unpaired) electrons. The molecule has 0 bridgehead atoms. The number of nitrogens with one attached hydrogen (secondary N) is 1. The molecule has 1 heterocycles. The summed E-state index contributed by atoms with van der Waals surface area (Å²) in [5.41, 5.74) is -0.377. The second-order valence-electron chi connectivity index (χ2n) is 6.47. The predicted octanol–water partition coefficient (Wildman–Crippen LogP) is 2.04. The summed E-state index contributed by atoms with van der Waals surface area (Å²) in [4.78, 5) is 14.5. The second-order valence-corrected chi connectivity index (χ2v) is 6.47. The molecule has 1 aliphatic rings. The average Bonchev–Trinajstić information content (AvgIpc) is 2.36. The standard InChI is InChI=1S/C15H30N2O2/c1-12(2)17(11-13-6-8-16-9-7-13)14(18)10-15(3,4)19-5/h12-13,16H,6-11H2,1-5H3. The second kappa shape index (κ2) is 7.25. The number of hydrogen-bond donors (Lipinski definition) is 1. The van der Waals surface area contributed by atoms with Crippen molar-refractivity contribution in [3.05, 3.63) is 0 Å². The van der Waals surface area contributed by atoms with E-state index in [2.05, 4.69) is 19.2 Å². The summed E-state index contributed by atoms with van der Waals surface area (Å²) >= 11 is 0. The van der Waals surface area contributed by atoms with E-state index in [9.17, 15) is 4.79 Å². The Kier molecular flexibility index (Phi) is 6.27. The maximum atomic E-state index is 12.5. The highest BCUT2D eigenvalue weighted by Crippen LogP contribution is 2.19. The smallest absolute Gasteiger partial charge is 0.225 e. The largest absolute Gasteiger partial charge is 0.378 e. The van der Waals surface area contributed by atoms with Gasteiger partial charge in [0.1, 0.15) is 0 Å². The van der Waals surface area contributed by atoms with Crippen LogP contribution in [0.4, 0.5) is 0 Å². The fourth-order valence-corrected chi connectivity index (χ4v) is 2.48. The predicted molar refractivity (Wildman–Crippen MR) is 78.1 cm³/mol. The number of ether oxygens (including phenoxy) is 1. The van der Waals surface area contributed by atoms with E-state index in [4.69, 9.17) is 4.74 Å². The van der Waals surface area contributed by atoms with Gasteiger partial charge in [-0.15, -0.1) is 0 Å². The molecule has 4 heteroatoms. The molecular formula is C15H30N2O2. The highest BCUT2D eigenvalue weighted by molar-refractivity contribution is 5.77. The number of piperidine rings is 1. The lowest BCUT2D eigenvalue weighted by Gasteiger charge is -2.35. The maximum Gasteiger partial charge on any atom is 0.225 e. The van der Waals surface area contributed by atoms with Gasteiger partial charge in [-0.25, -0.2) is 0 Å². The molecule has 1 aliphatic heterocycles. The Labute approximate surface area is 117 Å². The Hall–Kier alpha value is -0.610. The third kappa shape index (κ3) is 5.49. The maximum absolute atomic E-state index is 12.5. The van der Waals surface area contributed by atoms with Gasteiger partial charge in [-0.1, -0.05) is 0 Å². The quantitative estimate of drug-likeness (QED) is 0.803. The molecule has 1 saturated heterocycles. The first-order valence-electron chi connectivity index (χ1n) is 7.41. The van der Waals surface area contributed by atoms with Gasteiger partial charge >= 0.3 is 0 Å². The van der Waals surface area contributed by atoms with Crippen LogP contribution < -0.4 is 5.32 Å². The summed E-state index contributed by atoms with van der Waals surface area (Å²) in [5.74, 6) is 0.846. The van der Waals surface area contributed by atoms with Crippen molar-refractivity contribution in [1.82, 2.24) is 10.2 Å². The molecule has 0 aromatic rings. The zero-order valence-corrected chi connectivity index (χ0v) is 13.2. The zero-order valence-electron chi connectivity index (χ0n) is 13.2. The summed E-state index contributed by atoms with van der Waals surface area (Å²) in [7, 11) is 1.67. The van der Waals surface area contributed by atoms with E-state index >= 15 is 0 Å². The summed E-state index contributed by atoms with van der Waals surface area (Å²) in [6, 6.07) is 0.259. The summed E-state index contributed by atoms with van der Waals surface area (Å²) in [5, 5.41) is 3.37. The van der Waals surface area contributed by atoms with Crippen LogP contribution in [0.15, 0.2) is 0 Å². The number of rotatable bonds is 6. The molecule has 1 rings (SSSR count). The molecule has 0 saturated carbocycles. The van der Waals surface area contributed by atoms with Gasteiger partial charge < -0.3 is 15.0 Å². The van der Waals surface area contributed by atoms with Gasteiger partial charge in [-0.3, -0.25) is 4.79 Å². The molecule has 1 N–H and O–H groups in total. The van der Waals surface area contributed by atoms with Crippen molar-refractivity contribution >= 4 is 5.91 Å². The van der Waals surface area contributed by atoms with Crippen molar-refractivity contribution in [2.24, 2.45) is 5.92 Å². The normalized spacial score (nSPS) is 17.8. The molecule has 1 fully saturated rings. The molecule has 0 aliphatic carbocycles. The van der Waals surface area contributed by atoms with Crippen molar-refractivity contribution in [1.29, 1.82) is 0 Å². The first-order chi connectivity index (χ1) is 8.85. The lowest BCUT2D eigenvalue weighted by molar-refractivity contribution is -0.139. The van der Waals surface area contributed by atoms with Crippen LogP contribution in [0.3, 0.4) is 0 Å². The minimum atomic E-state index is -0.377. The van der Waals surface area contributed by atoms with E-state index in [-0.39, 0.29) is 17.6 Å². The van der Waals surface area contributed by atoms with Gasteiger partial charge in [0.05, 0.1) is 12.0 Å². The van der Waals surface area contributed by atoms with E-state index in [1.165, 1.54) is 12.8 Å². The molecule has 0 spiro atoms. The lowest BCUT2D eigenvalue weighted by atomic mass is 9.96. The molecule has 19 heavy (non-hydrogen) atoms. The van der Waals surface area contributed by atoms with Gasteiger partial charge in [0.15, 0.2) is 0 Å². The number of amides is 1. The summed E-state index contributed by atoms with van der Waals surface area (Å²) in [6.07, 6.45) is 2.79. The van der Waals surface area contributed by atoms with Crippen molar-refractivity contribution in [3.8, 4) is 0 Å². The van der Waals surface area contributed by atoms with E-state index in [0.717, 1.165) is 19.6 Å². The van der Waals surface area contributed by atoms with Crippen LogP contribution in [-0.2, 0) is 9.53 Å². The number of nitrogens with zero attached hydrogens (tertiary/aromatic N) is 1. The Morgan fingerprint density at radius 3 is 2.42 bits per heavy atom. The number of carbonyl (C=O) groups excluding carboxylic acids is 1. The summed E-state index contributed by atoms with van der Waals surface area (Å²) in [6.45, 7) is 11.2. The van der Waals surface area contributed by atoms with Gasteiger partial charge in [-0.05, 0) is 59.5 Å². The number of hydrogen-bond acceptors (Lipinski definition) is 3. The minimum Gasteiger partial charge on any atom is -0.378 e. The van der Waals surface area contributed by atoms with E-state index in [1.807, 2.05) is 18.7 Å². The molecule has 0 atom stereocenters. The Balaban J connectivity index is 2.58. The van der Waals surface area contributed by atoms with Crippen LogP contribution in [0.2, 0.25) is 0 Å². The highest BCUT2D eigenvalue weighted by Gasteiger charge is 2.28. The van der Waals surface area contributed by atoms with Crippen molar-refractivity contribution in [2.45, 2.75) is 58.6 Å². The number of carbonyl (C=O) groups is 1. The molecule has 4 nitrogen and oxygen atoms in total. The third-order valence-electron chi connectivity index (χ3n) is 3.99. The average molecular weight is 270 g/mol. The molecule has 112 valence electrons. The van der Waals surface area contributed by atoms with E-state index in [0.29, 0.717) is 12.3 Å². The molecular weight excluding hydrogens is 240 g/mol. The van der Waals surface area contributed by atoms with Crippen LogP contribution in [0.25, 0.3) is 0 Å². The summed E-state index contributed by atoms with van der Waals surface area (Å²) < 4.78 is 5.37. The van der Waals surface area contributed by atoms with Crippen molar-refractivity contribution in [3.63, 3.8) is 0 Å². The van der Waals surface area contributed by atoms with Crippen molar-refractivity contribution in [2.75, 3.05) is 26.7 Å². The van der Waals surface area contributed by atoms with E-state index < -0.39 is 0 Å². The third-order valence-corrected chi connectivity index (χ3v) is 3.99. The van der Waals surface area contributed by atoms with Crippen LogP contribution >= 0.6 is 0 Å². The SMILES string of the molecule is COC(C)(C)CC(=O)N(CC1CCNCC1)C(C)C. The fourth-order valence-electron chi connectivity index (χ4n) is 2.48. The Bertz CT molecular complexity index is 284. The fraction of sp³-hybridized carbons (Fsp3) is 0.933.